The fourth-order valence-electron chi connectivity index (χ4n) is 3.69. The SMILES string of the molecule is CC1(C)CNC(=O)c2ccc(cc2)Nc2cc(OCC(F)(F)F)nc(n2)NCc2ccc(cc2)OCCCN1. The second kappa shape index (κ2) is 12.2. The average molecular weight is 545 g/mol. The maximum atomic E-state index is 12.7. The number of aromatic nitrogens is 2. The topological polar surface area (TPSA) is 109 Å². The summed E-state index contributed by atoms with van der Waals surface area (Å²) >= 11 is 0. The molecule has 4 N–H and O–H groups in total. The zero-order valence-electron chi connectivity index (χ0n) is 21.7. The minimum atomic E-state index is -4.52. The van der Waals surface area contributed by atoms with Gasteiger partial charge in [0.25, 0.3) is 5.91 Å². The van der Waals surface area contributed by atoms with Crippen LogP contribution >= 0.6 is 0 Å². The summed E-state index contributed by atoms with van der Waals surface area (Å²) in [6.45, 7) is 4.53. The number of ether oxygens (including phenoxy) is 2. The van der Waals surface area contributed by atoms with Crippen LogP contribution in [-0.2, 0) is 6.54 Å². The highest BCUT2D eigenvalue weighted by Crippen LogP contribution is 2.24. The van der Waals surface area contributed by atoms with Crippen molar-refractivity contribution in [1.82, 2.24) is 20.6 Å². The fraction of sp³-hybridized carbons (Fsp3) is 0.370. The summed E-state index contributed by atoms with van der Waals surface area (Å²) < 4.78 is 48.9. The van der Waals surface area contributed by atoms with Crippen LogP contribution < -0.4 is 30.7 Å². The maximum Gasteiger partial charge on any atom is 0.422 e. The van der Waals surface area contributed by atoms with E-state index in [1.54, 1.807) is 24.3 Å². The molecule has 6 bridgehead atoms. The highest BCUT2D eigenvalue weighted by atomic mass is 19.4. The molecular weight excluding hydrogens is 513 g/mol. The van der Waals surface area contributed by atoms with Crippen molar-refractivity contribution < 1.29 is 27.4 Å². The first-order valence-corrected chi connectivity index (χ1v) is 12.5. The number of hydrogen-bond donors (Lipinski definition) is 4. The number of hydrogen-bond acceptors (Lipinski definition) is 8. The Morgan fingerprint density at radius 3 is 2.49 bits per heavy atom. The Morgan fingerprint density at radius 1 is 1.03 bits per heavy atom. The summed E-state index contributed by atoms with van der Waals surface area (Å²) in [5, 5.41) is 12.4. The van der Waals surface area contributed by atoms with Gasteiger partial charge < -0.3 is 30.7 Å². The van der Waals surface area contributed by atoms with Gasteiger partial charge in [-0.2, -0.15) is 23.1 Å². The normalized spacial score (nSPS) is 16.4. The molecule has 12 heteroatoms. The molecule has 5 heterocycles. The van der Waals surface area contributed by atoms with Crippen LogP contribution in [0.1, 0.15) is 36.2 Å². The molecule has 3 aromatic rings. The summed E-state index contributed by atoms with van der Waals surface area (Å²) in [6.07, 6.45) is -3.74. The second-order valence-electron chi connectivity index (χ2n) is 9.71. The minimum Gasteiger partial charge on any atom is -0.494 e. The number of benzene rings is 2. The second-order valence-corrected chi connectivity index (χ2v) is 9.71. The molecule has 4 aliphatic rings. The lowest BCUT2D eigenvalue weighted by Crippen LogP contribution is -2.49. The Balaban J connectivity index is 1.57. The lowest BCUT2D eigenvalue weighted by Gasteiger charge is -2.27. The molecule has 0 unspecified atom stereocenters. The predicted molar refractivity (Wildman–Crippen MR) is 142 cm³/mol. The van der Waals surface area contributed by atoms with Crippen LogP contribution in [0.3, 0.4) is 0 Å². The van der Waals surface area contributed by atoms with Crippen LogP contribution in [0, 0.1) is 0 Å². The monoisotopic (exact) mass is 544 g/mol. The van der Waals surface area contributed by atoms with Crippen molar-refractivity contribution in [3.63, 3.8) is 0 Å². The van der Waals surface area contributed by atoms with Crippen molar-refractivity contribution in [2.75, 3.05) is 36.9 Å². The molecule has 1 amide bonds. The largest absolute Gasteiger partial charge is 0.494 e. The van der Waals surface area contributed by atoms with Gasteiger partial charge in [-0.1, -0.05) is 12.1 Å². The lowest BCUT2D eigenvalue weighted by atomic mass is 10.1. The van der Waals surface area contributed by atoms with Gasteiger partial charge in [0.1, 0.15) is 11.6 Å². The van der Waals surface area contributed by atoms with E-state index in [4.69, 9.17) is 9.47 Å². The van der Waals surface area contributed by atoms with E-state index in [1.165, 1.54) is 6.07 Å². The van der Waals surface area contributed by atoms with Crippen molar-refractivity contribution in [2.24, 2.45) is 0 Å². The van der Waals surface area contributed by atoms with E-state index in [2.05, 4.69) is 31.2 Å². The average Bonchev–Trinajstić information content (AvgIpc) is 2.89. The Hall–Kier alpha value is -4.06. The third kappa shape index (κ3) is 9.02. The number of nitrogens with one attached hydrogen (secondary N) is 4. The molecule has 7 rings (SSSR count). The molecule has 0 fully saturated rings. The minimum absolute atomic E-state index is 0.0852. The number of carbonyl (C=O) groups excluding carboxylic acids is 1. The number of amides is 1. The fourth-order valence-corrected chi connectivity index (χ4v) is 3.69. The Bertz CT molecular complexity index is 1250. The van der Waals surface area contributed by atoms with E-state index in [0.29, 0.717) is 30.9 Å². The summed E-state index contributed by atoms with van der Waals surface area (Å²) in [5.74, 6) is 0.559. The number of halogens is 3. The van der Waals surface area contributed by atoms with Gasteiger partial charge in [0.05, 0.1) is 6.61 Å². The molecule has 9 nitrogen and oxygen atoms in total. The zero-order chi connectivity index (χ0) is 27.9. The van der Waals surface area contributed by atoms with Gasteiger partial charge >= 0.3 is 6.18 Å². The number of alkyl halides is 3. The molecule has 0 atom stereocenters. The first-order valence-electron chi connectivity index (χ1n) is 12.5. The molecular formula is C27H31F3N6O3. The lowest BCUT2D eigenvalue weighted by molar-refractivity contribution is -0.154. The third-order valence-corrected chi connectivity index (χ3v) is 5.76. The zero-order valence-corrected chi connectivity index (χ0v) is 21.7. The molecule has 0 saturated heterocycles. The van der Waals surface area contributed by atoms with E-state index in [9.17, 15) is 18.0 Å². The van der Waals surface area contributed by atoms with Crippen molar-refractivity contribution in [3.8, 4) is 11.6 Å². The summed E-state index contributed by atoms with van der Waals surface area (Å²) in [4.78, 5) is 21.1. The van der Waals surface area contributed by atoms with E-state index in [1.807, 2.05) is 38.1 Å². The molecule has 0 radical (unpaired) electrons. The van der Waals surface area contributed by atoms with E-state index >= 15 is 0 Å². The molecule has 1 aromatic heterocycles. The third-order valence-electron chi connectivity index (χ3n) is 5.76. The van der Waals surface area contributed by atoms with Crippen molar-refractivity contribution >= 4 is 23.4 Å². The van der Waals surface area contributed by atoms with E-state index < -0.39 is 12.8 Å². The summed E-state index contributed by atoms with van der Waals surface area (Å²) in [5.41, 5.74) is 1.62. The van der Waals surface area contributed by atoms with Crippen LogP contribution in [-0.4, -0.2) is 53.9 Å². The number of anilines is 3. The first-order chi connectivity index (χ1) is 18.5. The first kappa shape index (κ1) is 28.0. The quantitative estimate of drug-likeness (QED) is 0.369. The standard InChI is InChI=1S/C27H31F3N6O3/c1-26(2)16-32-24(37)19-6-8-20(9-7-19)34-22-14-23(39-17-27(28,29)30)36-25(35-22)31-15-18-4-10-21(11-5-18)38-13-3-12-33-26/h4-11,14,33H,3,12-13,15-17H2,1-2H3,(H,32,37)(H2,31,34,35,36). The number of carbonyl (C=O) groups is 1. The molecule has 2 aromatic carbocycles. The smallest absolute Gasteiger partial charge is 0.422 e. The Labute approximate surface area is 224 Å². The van der Waals surface area contributed by atoms with Gasteiger partial charge in [-0.3, -0.25) is 4.79 Å². The van der Waals surface area contributed by atoms with Crippen LogP contribution in [0.15, 0.2) is 54.6 Å². The molecule has 208 valence electrons. The van der Waals surface area contributed by atoms with Gasteiger partial charge in [0, 0.05) is 35.9 Å². The van der Waals surface area contributed by atoms with Crippen LogP contribution in [0.2, 0.25) is 0 Å². The summed E-state index contributed by atoms with van der Waals surface area (Å²) in [7, 11) is 0. The molecule has 0 aliphatic carbocycles. The van der Waals surface area contributed by atoms with Crippen molar-refractivity contribution in [2.45, 2.75) is 38.5 Å². The van der Waals surface area contributed by atoms with Crippen LogP contribution in [0.5, 0.6) is 11.6 Å². The van der Waals surface area contributed by atoms with Gasteiger partial charge in [0.15, 0.2) is 6.61 Å². The maximum absolute atomic E-state index is 12.7. The molecule has 0 saturated carbocycles. The predicted octanol–water partition coefficient (Wildman–Crippen LogP) is 4.65. The van der Waals surface area contributed by atoms with Gasteiger partial charge in [0.2, 0.25) is 11.8 Å². The van der Waals surface area contributed by atoms with Crippen molar-refractivity contribution in [1.29, 1.82) is 0 Å². The molecule has 4 aliphatic heterocycles. The summed E-state index contributed by atoms with van der Waals surface area (Å²) in [6, 6.07) is 15.4. The van der Waals surface area contributed by atoms with E-state index in [0.717, 1.165) is 24.3 Å². The van der Waals surface area contributed by atoms with E-state index in [-0.39, 0.29) is 29.1 Å². The van der Waals surface area contributed by atoms with Gasteiger partial charge in [-0.15, -0.1) is 0 Å². The van der Waals surface area contributed by atoms with Gasteiger partial charge in [-0.25, -0.2) is 0 Å². The van der Waals surface area contributed by atoms with Crippen LogP contribution in [0.4, 0.5) is 30.6 Å². The van der Waals surface area contributed by atoms with Gasteiger partial charge in [-0.05, 0) is 68.8 Å². The highest BCUT2D eigenvalue weighted by Gasteiger charge is 2.29. The number of rotatable bonds is 2. The number of nitrogens with zero attached hydrogens (tertiary/aromatic N) is 2. The van der Waals surface area contributed by atoms with Crippen LogP contribution in [0.25, 0.3) is 0 Å². The Kier molecular flexibility index (Phi) is 8.75. The Morgan fingerprint density at radius 2 is 1.77 bits per heavy atom. The van der Waals surface area contributed by atoms with Crippen molar-refractivity contribution in [3.05, 3.63) is 65.7 Å². The molecule has 0 spiro atoms. The highest BCUT2D eigenvalue weighted by molar-refractivity contribution is 5.94. The molecule has 39 heavy (non-hydrogen) atoms.